The fourth-order valence-corrected chi connectivity index (χ4v) is 4.36. The zero-order chi connectivity index (χ0) is 18.9. The number of alkyl halides is 3. The maximum atomic E-state index is 13.0. The first-order valence-corrected chi connectivity index (χ1v) is 9.50. The number of hydrogen-bond donors (Lipinski definition) is 1. The van der Waals surface area contributed by atoms with Gasteiger partial charge in [0.2, 0.25) is 0 Å². The van der Waals surface area contributed by atoms with E-state index in [-0.39, 0.29) is 26.2 Å². The number of nitrogens with two attached hydrogens (primary N) is 1. The number of thiazole rings is 1. The summed E-state index contributed by atoms with van der Waals surface area (Å²) in [6.45, 7) is 1.32. The third-order valence-corrected chi connectivity index (χ3v) is 5.74. The zero-order valence-electron chi connectivity index (χ0n) is 13.9. The van der Waals surface area contributed by atoms with E-state index in [2.05, 4.69) is 0 Å². The fourth-order valence-electron chi connectivity index (χ4n) is 3.02. The van der Waals surface area contributed by atoms with Gasteiger partial charge >= 0.3 is 6.18 Å². The summed E-state index contributed by atoms with van der Waals surface area (Å²) in [7, 11) is 0. The molecule has 0 aliphatic carbocycles. The van der Waals surface area contributed by atoms with Crippen molar-refractivity contribution in [2.75, 3.05) is 18.8 Å². The first-order valence-electron chi connectivity index (χ1n) is 8.27. The van der Waals surface area contributed by atoms with Gasteiger partial charge in [-0.15, -0.1) is 0 Å². The lowest BCUT2D eigenvalue weighted by molar-refractivity contribution is -0.137. The van der Waals surface area contributed by atoms with E-state index in [9.17, 15) is 18.0 Å². The minimum absolute atomic E-state index is 0.0913. The van der Waals surface area contributed by atoms with Gasteiger partial charge in [-0.3, -0.25) is 9.36 Å². The van der Waals surface area contributed by atoms with Crippen LogP contribution in [0.3, 0.4) is 0 Å². The minimum Gasteiger partial charge on any atom is -0.383 e. The highest BCUT2D eigenvalue weighted by Gasteiger charge is 2.31. The highest BCUT2D eigenvalue weighted by molar-refractivity contribution is 7.73. The van der Waals surface area contributed by atoms with E-state index in [1.807, 2.05) is 0 Å². The normalized spacial score (nSPS) is 15.7. The number of nitrogen functional groups attached to an aromatic ring is 1. The van der Waals surface area contributed by atoms with Crippen LogP contribution in [0.15, 0.2) is 24.3 Å². The van der Waals surface area contributed by atoms with Gasteiger partial charge in [-0.2, -0.15) is 13.2 Å². The molecule has 1 aromatic carbocycles. The van der Waals surface area contributed by atoms with E-state index in [0.717, 1.165) is 49.2 Å². The number of halogens is 3. The zero-order valence-corrected chi connectivity index (χ0v) is 15.5. The van der Waals surface area contributed by atoms with Crippen molar-refractivity contribution in [1.29, 1.82) is 0 Å². The van der Waals surface area contributed by atoms with Crippen molar-refractivity contribution in [2.45, 2.75) is 31.9 Å². The summed E-state index contributed by atoms with van der Waals surface area (Å²) in [5.41, 5.74) is 5.53. The maximum Gasteiger partial charge on any atom is 0.416 e. The molecule has 3 rings (SSSR count). The van der Waals surface area contributed by atoms with E-state index in [1.165, 1.54) is 16.7 Å². The van der Waals surface area contributed by atoms with Crippen molar-refractivity contribution in [3.8, 4) is 5.69 Å². The molecule has 0 radical (unpaired) electrons. The molecule has 1 aromatic heterocycles. The molecule has 0 saturated carbocycles. The number of anilines is 1. The molecular weight excluding hydrogens is 383 g/mol. The molecule has 2 aromatic rings. The summed E-state index contributed by atoms with van der Waals surface area (Å²) < 4.78 is 40.5. The molecule has 140 valence electrons. The van der Waals surface area contributed by atoms with Crippen molar-refractivity contribution >= 4 is 35.3 Å². The molecule has 0 atom stereocenters. The van der Waals surface area contributed by atoms with Gasteiger partial charge in [-0.05, 0) is 43.3 Å². The second-order valence-corrected chi connectivity index (χ2v) is 7.82. The van der Waals surface area contributed by atoms with E-state index in [1.54, 1.807) is 4.90 Å². The van der Waals surface area contributed by atoms with Gasteiger partial charge < -0.3 is 10.6 Å². The fraction of sp³-hybridized carbons (Fsp3) is 0.412. The Morgan fingerprint density at radius 2 is 1.81 bits per heavy atom. The summed E-state index contributed by atoms with van der Waals surface area (Å²) in [6.07, 6.45) is -0.426. The molecule has 1 aliphatic rings. The number of likely N-dealkylation sites (tertiary alicyclic amines) is 1. The van der Waals surface area contributed by atoms with E-state index < -0.39 is 11.7 Å². The first-order chi connectivity index (χ1) is 12.3. The Kier molecular flexibility index (Phi) is 5.38. The van der Waals surface area contributed by atoms with Crippen LogP contribution in [0.2, 0.25) is 0 Å². The molecule has 2 N–H and O–H groups in total. The van der Waals surface area contributed by atoms with Gasteiger partial charge in [0, 0.05) is 18.8 Å². The highest BCUT2D eigenvalue weighted by atomic mass is 32.1. The number of aromatic nitrogens is 1. The standard InChI is InChI=1S/C17H18F3N3OS2/c18-17(19,20)11-6-5-7-12(10-11)23-14(21)13(26-16(23)25)15(24)22-8-3-1-2-4-9-22/h5-7,10H,1-4,8-9,21H2. The van der Waals surface area contributed by atoms with Crippen LogP contribution >= 0.6 is 23.6 Å². The molecule has 1 aliphatic heterocycles. The summed E-state index contributed by atoms with van der Waals surface area (Å²) >= 11 is 6.31. The summed E-state index contributed by atoms with van der Waals surface area (Å²) in [5, 5.41) is 0. The predicted octanol–water partition coefficient (Wildman–Crippen LogP) is 4.89. The smallest absolute Gasteiger partial charge is 0.383 e. The van der Waals surface area contributed by atoms with Gasteiger partial charge in [-0.1, -0.05) is 30.2 Å². The number of hydrogen-bond acceptors (Lipinski definition) is 4. The second-order valence-electron chi connectivity index (χ2n) is 6.17. The molecule has 26 heavy (non-hydrogen) atoms. The van der Waals surface area contributed by atoms with Gasteiger partial charge in [-0.25, -0.2) is 0 Å². The Bertz CT molecular complexity index is 865. The molecule has 4 nitrogen and oxygen atoms in total. The topological polar surface area (TPSA) is 51.3 Å². The average molecular weight is 401 g/mol. The van der Waals surface area contributed by atoms with Crippen LogP contribution < -0.4 is 5.73 Å². The van der Waals surface area contributed by atoms with Gasteiger partial charge in [0.05, 0.1) is 5.56 Å². The van der Waals surface area contributed by atoms with Gasteiger partial charge in [0.15, 0.2) is 3.95 Å². The Labute approximate surface area is 158 Å². The molecule has 0 spiro atoms. The highest BCUT2D eigenvalue weighted by Crippen LogP contribution is 2.33. The number of amides is 1. The number of rotatable bonds is 2. The quantitative estimate of drug-likeness (QED) is 0.730. The lowest BCUT2D eigenvalue weighted by Crippen LogP contribution is -2.31. The Morgan fingerprint density at radius 1 is 1.15 bits per heavy atom. The number of benzene rings is 1. The molecule has 9 heteroatoms. The molecule has 0 bridgehead atoms. The van der Waals surface area contributed by atoms with Crippen LogP contribution in [-0.4, -0.2) is 28.5 Å². The van der Waals surface area contributed by atoms with E-state index in [4.69, 9.17) is 18.0 Å². The minimum atomic E-state index is -4.46. The largest absolute Gasteiger partial charge is 0.416 e. The molecule has 1 saturated heterocycles. The molecule has 1 amide bonds. The Hall–Kier alpha value is -1.87. The second kappa shape index (κ2) is 7.40. The van der Waals surface area contributed by atoms with Crippen LogP contribution in [0.25, 0.3) is 5.69 Å². The first kappa shape index (κ1) is 18.9. The molecule has 0 unspecified atom stereocenters. The monoisotopic (exact) mass is 401 g/mol. The molecule has 2 heterocycles. The van der Waals surface area contributed by atoms with Crippen LogP contribution in [0.5, 0.6) is 0 Å². The third-order valence-electron chi connectivity index (χ3n) is 4.36. The molecular formula is C17H18F3N3OS2. The van der Waals surface area contributed by atoms with Gasteiger partial charge in [0.25, 0.3) is 5.91 Å². The van der Waals surface area contributed by atoms with Crippen LogP contribution in [0.4, 0.5) is 19.0 Å². The van der Waals surface area contributed by atoms with Crippen molar-refractivity contribution in [3.05, 3.63) is 38.7 Å². The van der Waals surface area contributed by atoms with E-state index in [0.29, 0.717) is 13.1 Å². The SMILES string of the molecule is Nc1c(C(=O)N2CCCCCC2)sc(=S)n1-c1cccc(C(F)(F)F)c1. The van der Waals surface area contributed by atoms with Crippen LogP contribution in [0, 0.1) is 3.95 Å². The summed E-state index contributed by atoms with van der Waals surface area (Å²) in [4.78, 5) is 14.8. The predicted molar refractivity (Wildman–Crippen MR) is 98.3 cm³/mol. The summed E-state index contributed by atoms with van der Waals surface area (Å²) in [5.74, 6) is -0.111. The van der Waals surface area contributed by atoms with Crippen molar-refractivity contribution in [1.82, 2.24) is 9.47 Å². The number of nitrogens with zero attached hydrogens (tertiary/aromatic N) is 2. The van der Waals surface area contributed by atoms with E-state index >= 15 is 0 Å². The van der Waals surface area contributed by atoms with Crippen molar-refractivity contribution in [2.24, 2.45) is 0 Å². The Morgan fingerprint density at radius 3 is 2.42 bits per heavy atom. The third kappa shape index (κ3) is 3.78. The molecule has 1 fully saturated rings. The average Bonchev–Trinajstić information content (AvgIpc) is 2.78. The van der Waals surface area contributed by atoms with Crippen LogP contribution in [0.1, 0.15) is 40.9 Å². The van der Waals surface area contributed by atoms with Crippen LogP contribution in [-0.2, 0) is 6.18 Å². The van der Waals surface area contributed by atoms with Crippen molar-refractivity contribution in [3.63, 3.8) is 0 Å². The summed E-state index contributed by atoms with van der Waals surface area (Å²) in [6, 6.07) is 4.76. The van der Waals surface area contributed by atoms with Gasteiger partial charge in [0.1, 0.15) is 10.7 Å². The number of carbonyl (C=O) groups excluding carboxylic acids is 1. The lowest BCUT2D eigenvalue weighted by atomic mass is 10.2. The Balaban J connectivity index is 1.99. The lowest BCUT2D eigenvalue weighted by Gasteiger charge is -2.19. The van der Waals surface area contributed by atoms with Crippen molar-refractivity contribution < 1.29 is 18.0 Å². The number of carbonyl (C=O) groups is 1. The maximum absolute atomic E-state index is 13.0.